The number of nitrogens with zero attached hydrogens (tertiary/aromatic N) is 1. The van der Waals surface area contributed by atoms with E-state index in [4.69, 9.17) is 0 Å². The first kappa shape index (κ1) is 14.4. The fraction of sp³-hybridized carbons (Fsp3) is 0.308. The number of carbonyl (C=O) groups is 1. The average Bonchev–Trinajstić information content (AvgIpc) is 2.25. The predicted octanol–water partition coefficient (Wildman–Crippen LogP) is 2.93. The molecule has 98 valence electrons. The van der Waals surface area contributed by atoms with Crippen LogP contribution in [-0.4, -0.2) is 30.1 Å². The molecule has 0 aliphatic heterocycles. The zero-order valence-corrected chi connectivity index (χ0v) is 11.7. The standard InChI is InChI=1S/C13H17NO3S/c1-8(15)13(9(2)16)18-12-6-5-10(14(3)4)7-11(12)17/h5-7,15,17H,1-4H3/b13-8+. The molecule has 0 radical (unpaired) electrons. The van der Waals surface area contributed by atoms with Crippen LogP contribution in [0.1, 0.15) is 13.8 Å². The third kappa shape index (κ3) is 3.43. The summed E-state index contributed by atoms with van der Waals surface area (Å²) in [6.07, 6.45) is 0. The van der Waals surface area contributed by atoms with Gasteiger partial charge in [0, 0.05) is 25.8 Å². The number of allylic oxidation sites excluding steroid dienone is 2. The summed E-state index contributed by atoms with van der Waals surface area (Å²) >= 11 is 1.06. The number of Topliss-reactive ketones (excluding diaryl/α,β-unsaturated/α-hetero) is 1. The Morgan fingerprint density at radius 3 is 2.28 bits per heavy atom. The van der Waals surface area contributed by atoms with Gasteiger partial charge in [-0.05, 0) is 26.0 Å². The second-order valence-corrected chi connectivity index (χ2v) is 5.17. The van der Waals surface area contributed by atoms with Crippen molar-refractivity contribution >= 4 is 23.2 Å². The van der Waals surface area contributed by atoms with Crippen LogP contribution in [-0.2, 0) is 4.79 Å². The smallest absolute Gasteiger partial charge is 0.169 e. The molecule has 0 heterocycles. The topological polar surface area (TPSA) is 60.8 Å². The Bertz CT molecular complexity index is 491. The lowest BCUT2D eigenvalue weighted by molar-refractivity contribution is -0.113. The number of phenols is 1. The van der Waals surface area contributed by atoms with Crippen molar-refractivity contribution in [1.29, 1.82) is 0 Å². The highest BCUT2D eigenvalue weighted by Crippen LogP contribution is 2.37. The molecule has 1 rings (SSSR count). The Balaban J connectivity index is 3.06. The highest BCUT2D eigenvalue weighted by molar-refractivity contribution is 8.04. The van der Waals surface area contributed by atoms with Crippen LogP contribution < -0.4 is 4.90 Å². The maximum Gasteiger partial charge on any atom is 0.169 e. The summed E-state index contributed by atoms with van der Waals surface area (Å²) in [5.41, 5.74) is 0.867. The largest absolute Gasteiger partial charge is 0.511 e. The molecule has 0 aromatic heterocycles. The minimum atomic E-state index is -0.226. The van der Waals surface area contributed by atoms with Gasteiger partial charge < -0.3 is 15.1 Å². The van der Waals surface area contributed by atoms with Crippen molar-refractivity contribution in [3.05, 3.63) is 28.9 Å². The van der Waals surface area contributed by atoms with E-state index >= 15 is 0 Å². The molecule has 18 heavy (non-hydrogen) atoms. The number of benzene rings is 1. The molecular weight excluding hydrogens is 250 g/mol. The van der Waals surface area contributed by atoms with E-state index in [-0.39, 0.29) is 22.2 Å². The van der Waals surface area contributed by atoms with Crippen LogP contribution in [0, 0.1) is 0 Å². The highest BCUT2D eigenvalue weighted by atomic mass is 32.2. The van der Waals surface area contributed by atoms with Gasteiger partial charge in [-0.2, -0.15) is 0 Å². The number of aliphatic hydroxyl groups excluding tert-OH is 1. The van der Waals surface area contributed by atoms with E-state index in [2.05, 4.69) is 0 Å². The molecule has 2 N–H and O–H groups in total. The fourth-order valence-corrected chi connectivity index (χ4v) is 2.19. The SMILES string of the molecule is CC(=O)/C(Sc1ccc(N(C)C)cc1O)=C(/C)O. The van der Waals surface area contributed by atoms with Gasteiger partial charge >= 0.3 is 0 Å². The van der Waals surface area contributed by atoms with Crippen LogP contribution in [0.3, 0.4) is 0 Å². The summed E-state index contributed by atoms with van der Waals surface area (Å²) in [4.78, 5) is 14.0. The number of rotatable bonds is 4. The van der Waals surface area contributed by atoms with Crippen molar-refractivity contribution in [3.8, 4) is 5.75 Å². The zero-order valence-electron chi connectivity index (χ0n) is 10.9. The molecule has 0 spiro atoms. The Labute approximate surface area is 111 Å². The molecule has 0 atom stereocenters. The highest BCUT2D eigenvalue weighted by Gasteiger charge is 2.13. The first-order valence-electron chi connectivity index (χ1n) is 5.42. The van der Waals surface area contributed by atoms with Gasteiger partial charge in [0.25, 0.3) is 0 Å². The van der Waals surface area contributed by atoms with Gasteiger partial charge in [-0.15, -0.1) is 0 Å². The summed E-state index contributed by atoms with van der Waals surface area (Å²) in [6.45, 7) is 2.84. The molecule has 0 aliphatic carbocycles. The number of ketones is 1. The summed E-state index contributed by atoms with van der Waals surface area (Å²) < 4.78 is 0. The Kier molecular flexibility index (Phi) is 4.67. The lowest BCUT2D eigenvalue weighted by atomic mass is 10.3. The van der Waals surface area contributed by atoms with Crippen LogP contribution >= 0.6 is 11.8 Å². The van der Waals surface area contributed by atoms with Crippen LogP contribution in [0.4, 0.5) is 5.69 Å². The van der Waals surface area contributed by atoms with E-state index in [0.717, 1.165) is 17.4 Å². The minimum Gasteiger partial charge on any atom is -0.511 e. The average molecular weight is 267 g/mol. The second kappa shape index (κ2) is 5.82. The Hall–Kier alpha value is -1.62. The van der Waals surface area contributed by atoms with Gasteiger partial charge in [-0.1, -0.05) is 11.8 Å². The maximum atomic E-state index is 11.3. The van der Waals surface area contributed by atoms with E-state index in [0.29, 0.717) is 4.90 Å². The number of anilines is 1. The van der Waals surface area contributed by atoms with Gasteiger partial charge in [-0.25, -0.2) is 0 Å². The molecule has 4 nitrogen and oxygen atoms in total. The molecule has 1 aromatic rings. The predicted molar refractivity (Wildman–Crippen MR) is 74.3 cm³/mol. The van der Waals surface area contributed by atoms with Crippen molar-refractivity contribution in [3.63, 3.8) is 0 Å². The van der Waals surface area contributed by atoms with Gasteiger partial charge in [-0.3, -0.25) is 4.79 Å². The van der Waals surface area contributed by atoms with Gasteiger partial charge in [0.2, 0.25) is 0 Å². The molecule has 1 aromatic carbocycles. The minimum absolute atomic E-state index is 0.0383. The van der Waals surface area contributed by atoms with Crippen molar-refractivity contribution in [1.82, 2.24) is 0 Å². The number of carbonyl (C=O) groups excluding carboxylic acids is 1. The second-order valence-electron chi connectivity index (χ2n) is 4.12. The fourth-order valence-electron chi connectivity index (χ4n) is 1.38. The monoisotopic (exact) mass is 267 g/mol. The van der Waals surface area contributed by atoms with Gasteiger partial charge in [0.05, 0.1) is 9.80 Å². The maximum absolute atomic E-state index is 11.3. The number of aliphatic hydroxyl groups is 1. The number of aromatic hydroxyl groups is 1. The van der Waals surface area contributed by atoms with E-state index in [9.17, 15) is 15.0 Å². The number of phenolic OH excluding ortho intramolecular Hbond substituents is 1. The van der Waals surface area contributed by atoms with Gasteiger partial charge in [0.15, 0.2) is 5.78 Å². The number of thioether (sulfide) groups is 1. The van der Waals surface area contributed by atoms with Crippen LogP contribution in [0.25, 0.3) is 0 Å². The van der Waals surface area contributed by atoms with E-state index in [1.807, 2.05) is 25.1 Å². The molecule has 0 saturated heterocycles. The first-order valence-corrected chi connectivity index (χ1v) is 6.23. The molecule has 0 fully saturated rings. The van der Waals surface area contributed by atoms with E-state index < -0.39 is 0 Å². The summed E-state index contributed by atoms with van der Waals surface area (Å²) in [6, 6.07) is 5.18. The number of hydrogen-bond acceptors (Lipinski definition) is 5. The Morgan fingerprint density at radius 2 is 1.89 bits per heavy atom. The zero-order chi connectivity index (χ0) is 13.9. The quantitative estimate of drug-likeness (QED) is 0.499. The van der Waals surface area contributed by atoms with E-state index in [1.165, 1.54) is 13.8 Å². The molecule has 0 unspecified atom stereocenters. The summed E-state index contributed by atoms with van der Waals surface area (Å²) in [7, 11) is 3.75. The van der Waals surface area contributed by atoms with Crippen molar-refractivity contribution in [2.75, 3.05) is 19.0 Å². The van der Waals surface area contributed by atoms with Crippen LogP contribution in [0.2, 0.25) is 0 Å². The van der Waals surface area contributed by atoms with Crippen LogP contribution in [0.5, 0.6) is 5.75 Å². The normalized spacial score (nSPS) is 12.0. The molecule has 0 bridgehead atoms. The van der Waals surface area contributed by atoms with Crippen molar-refractivity contribution < 1.29 is 15.0 Å². The number of hydrogen-bond donors (Lipinski definition) is 2. The molecule has 0 aliphatic rings. The molecular formula is C13H17NO3S. The summed E-state index contributed by atoms with van der Waals surface area (Å²) in [5, 5.41) is 19.3. The Morgan fingerprint density at radius 1 is 1.28 bits per heavy atom. The third-order valence-corrected chi connectivity index (χ3v) is 3.67. The third-order valence-electron chi connectivity index (χ3n) is 2.32. The summed E-state index contributed by atoms with van der Waals surface area (Å²) in [5.74, 6) is -0.175. The lowest BCUT2D eigenvalue weighted by Crippen LogP contribution is -2.08. The van der Waals surface area contributed by atoms with Crippen molar-refractivity contribution in [2.24, 2.45) is 0 Å². The first-order chi connectivity index (χ1) is 8.32. The molecule has 0 saturated carbocycles. The lowest BCUT2D eigenvalue weighted by Gasteiger charge is -2.14. The van der Waals surface area contributed by atoms with Crippen molar-refractivity contribution in [2.45, 2.75) is 18.7 Å². The molecule has 5 heteroatoms. The van der Waals surface area contributed by atoms with Crippen LogP contribution in [0.15, 0.2) is 33.8 Å². The van der Waals surface area contributed by atoms with Gasteiger partial charge in [0.1, 0.15) is 11.5 Å². The molecule has 0 amide bonds. The van der Waals surface area contributed by atoms with E-state index in [1.54, 1.807) is 12.1 Å².